The minimum Gasteiger partial charge on any atom is -0.478 e. The molecule has 4 bridgehead atoms. The molecule has 44 heavy (non-hydrogen) atoms. The fourth-order valence-corrected chi connectivity index (χ4v) is 8.69. The molecule has 4 aliphatic rings. The van der Waals surface area contributed by atoms with Crippen LogP contribution >= 0.6 is 0 Å². The van der Waals surface area contributed by atoms with Gasteiger partial charge in [0.1, 0.15) is 11.5 Å². The van der Waals surface area contributed by atoms with Crippen molar-refractivity contribution in [3.8, 4) is 16.8 Å². The summed E-state index contributed by atoms with van der Waals surface area (Å²) in [6, 6.07) is 8.35. The number of halogens is 1. The lowest BCUT2D eigenvalue weighted by molar-refractivity contribution is 0.0169. The lowest BCUT2D eigenvalue weighted by Gasteiger charge is -2.48. The second-order valence-corrected chi connectivity index (χ2v) is 13.2. The molecule has 4 fully saturated rings. The van der Waals surface area contributed by atoms with E-state index >= 15 is 4.39 Å². The topological polar surface area (TPSA) is 111 Å². The van der Waals surface area contributed by atoms with Crippen LogP contribution in [0.25, 0.3) is 27.8 Å². The average Bonchev–Trinajstić information content (AvgIpc) is 3.52. The van der Waals surface area contributed by atoms with E-state index < -0.39 is 11.8 Å². The molecular formula is C34H34FN7O2. The van der Waals surface area contributed by atoms with Crippen molar-refractivity contribution in [3.63, 3.8) is 0 Å². The summed E-state index contributed by atoms with van der Waals surface area (Å²) in [5.74, 6) is 1.42. The molecular weight excluding hydrogens is 557 g/mol. The van der Waals surface area contributed by atoms with E-state index in [9.17, 15) is 9.90 Å². The Hall–Kier alpha value is -4.60. The van der Waals surface area contributed by atoms with Crippen molar-refractivity contribution in [2.24, 2.45) is 23.2 Å². The van der Waals surface area contributed by atoms with Gasteiger partial charge in [-0.25, -0.2) is 24.1 Å². The molecule has 0 amide bonds. The first-order chi connectivity index (χ1) is 21.4. The smallest absolute Gasteiger partial charge is 0.337 e. The van der Waals surface area contributed by atoms with Gasteiger partial charge >= 0.3 is 5.97 Å². The number of nitrogens with one attached hydrogen (secondary N) is 1. The number of carboxylic acid groups (broad SMARTS) is 1. The minimum absolute atomic E-state index is 0.0436. The predicted molar refractivity (Wildman–Crippen MR) is 164 cm³/mol. The van der Waals surface area contributed by atoms with Crippen LogP contribution in [-0.4, -0.2) is 40.4 Å². The molecule has 10 heteroatoms. The summed E-state index contributed by atoms with van der Waals surface area (Å²) >= 11 is 0. The van der Waals surface area contributed by atoms with Crippen LogP contribution in [-0.2, 0) is 6.54 Å². The van der Waals surface area contributed by atoms with Crippen LogP contribution in [0.4, 0.5) is 16.0 Å². The van der Waals surface area contributed by atoms with Crippen molar-refractivity contribution >= 4 is 28.6 Å². The Kier molecular flexibility index (Phi) is 6.28. The minimum atomic E-state index is -1.05. The molecule has 224 valence electrons. The first-order valence-electron chi connectivity index (χ1n) is 15.5. The number of fused-ring (bicyclic) bond motifs is 2. The molecule has 0 spiro atoms. The number of hydrogen-bond acceptors (Lipinski definition) is 6. The van der Waals surface area contributed by atoms with Crippen molar-refractivity contribution in [1.29, 1.82) is 0 Å². The van der Waals surface area contributed by atoms with Gasteiger partial charge in [-0.05, 0) is 80.4 Å². The number of nitrogens with zero attached hydrogens (tertiary/aromatic N) is 6. The normalized spacial score (nSPS) is 24.1. The Labute approximate surface area is 254 Å². The molecule has 5 heterocycles. The monoisotopic (exact) mass is 591 g/mol. The summed E-state index contributed by atoms with van der Waals surface area (Å²) in [4.78, 5) is 25.8. The summed E-state index contributed by atoms with van der Waals surface area (Å²) in [7, 11) is 0. The third kappa shape index (κ3) is 4.55. The summed E-state index contributed by atoms with van der Waals surface area (Å²) in [5, 5.41) is 18.6. The van der Waals surface area contributed by atoms with Crippen molar-refractivity contribution in [1.82, 2.24) is 29.3 Å². The van der Waals surface area contributed by atoms with Gasteiger partial charge in [0.15, 0.2) is 11.6 Å². The van der Waals surface area contributed by atoms with Crippen LogP contribution in [0, 0.1) is 35.9 Å². The second kappa shape index (κ2) is 10.2. The Morgan fingerprint density at radius 2 is 1.82 bits per heavy atom. The van der Waals surface area contributed by atoms with Crippen LogP contribution in [0.2, 0.25) is 0 Å². The molecule has 9 nitrogen and oxygen atoms in total. The zero-order chi connectivity index (χ0) is 30.0. The van der Waals surface area contributed by atoms with Gasteiger partial charge in [-0.1, -0.05) is 18.9 Å². The van der Waals surface area contributed by atoms with E-state index in [0.29, 0.717) is 33.5 Å². The van der Waals surface area contributed by atoms with Crippen molar-refractivity contribution in [2.45, 2.75) is 58.4 Å². The van der Waals surface area contributed by atoms with Gasteiger partial charge in [0.2, 0.25) is 0 Å². The Morgan fingerprint density at radius 3 is 2.55 bits per heavy atom. The molecule has 2 unspecified atom stereocenters. The van der Waals surface area contributed by atoms with Gasteiger partial charge in [-0.3, -0.25) is 9.25 Å². The largest absolute Gasteiger partial charge is 0.478 e. The van der Waals surface area contributed by atoms with Crippen LogP contribution < -0.4 is 5.32 Å². The van der Waals surface area contributed by atoms with Gasteiger partial charge < -0.3 is 10.4 Å². The van der Waals surface area contributed by atoms with E-state index in [1.54, 1.807) is 53.6 Å². The Morgan fingerprint density at radius 1 is 1.02 bits per heavy atom. The van der Waals surface area contributed by atoms with Crippen LogP contribution in [0.3, 0.4) is 0 Å². The highest BCUT2D eigenvalue weighted by Crippen LogP contribution is 2.58. The fraction of sp³-hybridized carbons (Fsp3) is 0.382. The molecule has 0 aliphatic heterocycles. The quantitative estimate of drug-likeness (QED) is 0.206. The van der Waals surface area contributed by atoms with E-state index in [1.807, 2.05) is 6.92 Å². The number of rotatable bonds is 7. The van der Waals surface area contributed by atoms with Gasteiger partial charge in [0.05, 0.1) is 23.6 Å². The maximum atomic E-state index is 15.1. The summed E-state index contributed by atoms with van der Waals surface area (Å²) < 4.78 is 18.8. The van der Waals surface area contributed by atoms with E-state index in [4.69, 9.17) is 5.10 Å². The first kappa shape index (κ1) is 27.0. The summed E-state index contributed by atoms with van der Waals surface area (Å²) in [6.45, 7) is 2.92. The van der Waals surface area contributed by atoms with Gasteiger partial charge in [0.25, 0.3) is 0 Å². The first-order valence-corrected chi connectivity index (χ1v) is 15.5. The molecule has 4 saturated carbocycles. The summed E-state index contributed by atoms with van der Waals surface area (Å²) in [5.41, 5.74) is 3.57. The molecule has 0 saturated heterocycles. The lowest BCUT2D eigenvalue weighted by Crippen LogP contribution is -2.40. The van der Waals surface area contributed by atoms with E-state index in [0.717, 1.165) is 35.6 Å². The molecule has 0 aromatic carbocycles. The SMILES string of the molecule is Cc1c(-c2cnc3c(ccn3-c3cnc(Nc4ccccn4)c(F)c3)c2C(=O)O)cnn1CC12CC3CCC(CC(C3)C1)C2. The van der Waals surface area contributed by atoms with Crippen LogP contribution in [0.5, 0.6) is 0 Å². The third-order valence-corrected chi connectivity index (χ3v) is 10.3. The van der Waals surface area contributed by atoms with Crippen molar-refractivity contribution in [3.05, 3.63) is 78.4 Å². The van der Waals surface area contributed by atoms with Gasteiger partial charge in [0, 0.05) is 53.4 Å². The number of carboxylic acids is 1. The predicted octanol–water partition coefficient (Wildman–Crippen LogP) is 7.17. The maximum Gasteiger partial charge on any atom is 0.337 e. The molecule has 2 atom stereocenters. The number of pyridine rings is 3. The molecule has 5 aromatic rings. The third-order valence-electron chi connectivity index (χ3n) is 10.3. The molecule has 9 rings (SSSR count). The average molecular weight is 592 g/mol. The highest BCUT2D eigenvalue weighted by molar-refractivity contribution is 6.08. The zero-order valence-corrected chi connectivity index (χ0v) is 24.6. The Bertz CT molecular complexity index is 1880. The number of hydrogen-bond donors (Lipinski definition) is 2. The van der Waals surface area contributed by atoms with Crippen molar-refractivity contribution in [2.75, 3.05) is 5.32 Å². The van der Waals surface area contributed by atoms with Gasteiger partial charge in [-0.15, -0.1) is 0 Å². The number of aromatic nitrogens is 6. The summed E-state index contributed by atoms with van der Waals surface area (Å²) in [6.07, 6.45) is 17.6. The molecule has 5 aromatic heterocycles. The van der Waals surface area contributed by atoms with E-state index in [2.05, 4.69) is 25.0 Å². The molecule has 4 aliphatic carbocycles. The standard InChI is InChI=1S/C34H34FN7O2/c1-20-26(18-39-42(20)19-34-13-21-5-6-22(14-34)11-23(10-21)15-34)27-17-38-32-25(30(27)33(43)44)7-9-41(32)24-12-28(35)31(37-16-24)40-29-4-2-3-8-36-29/h2-4,7-9,12,16-18,21-23H,5-6,10-11,13-15,19H2,1H3,(H,43,44)(H,36,37,40). The highest BCUT2D eigenvalue weighted by Gasteiger charge is 2.48. The molecule has 2 N–H and O–H groups in total. The lowest BCUT2D eigenvalue weighted by atomic mass is 9.58. The van der Waals surface area contributed by atoms with Crippen LogP contribution in [0.15, 0.2) is 61.3 Å². The second-order valence-electron chi connectivity index (χ2n) is 13.2. The van der Waals surface area contributed by atoms with E-state index in [-0.39, 0.29) is 11.4 Å². The number of aromatic carboxylic acids is 1. The highest BCUT2D eigenvalue weighted by atomic mass is 19.1. The Balaban J connectivity index is 1.12. The fourth-order valence-electron chi connectivity index (χ4n) is 8.69. The number of anilines is 2. The molecule has 0 radical (unpaired) electrons. The van der Waals surface area contributed by atoms with Crippen LogP contribution in [0.1, 0.15) is 61.0 Å². The maximum absolute atomic E-state index is 15.1. The van der Waals surface area contributed by atoms with Gasteiger partial charge in [-0.2, -0.15) is 5.10 Å². The van der Waals surface area contributed by atoms with Crippen molar-refractivity contribution < 1.29 is 14.3 Å². The number of carbonyl (C=O) groups is 1. The zero-order valence-electron chi connectivity index (χ0n) is 24.6. The van der Waals surface area contributed by atoms with E-state index in [1.165, 1.54) is 57.2 Å².